The van der Waals surface area contributed by atoms with Crippen LogP contribution in [-0.2, 0) is 24.0 Å². The van der Waals surface area contributed by atoms with E-state index in [4.69, 9.17) is 16.6 Å². The first-order chi connectivity index (χ1) is 14.0. The molecule has 0 aromatic rings. The third-order valence-corrected chi connectivity index (χ3v) is 4.72. The van der Waals surface area contributed by atoms with Gasteiger partial charge in [-0.05, 0) is 25.2 Å². The van der Waals surface area contributed by atoms with Crippen LogP contribution in [0.1, 0.15) is 39.5 Å². The highest BCUT2D eigenvalue weighted by molar-refractivity contribution is 5.95. The normalized spacial score (nSPS) is 19.1. The molecule has 4 amide bonds. The van der Waals surface area contributed by atoms with Gasteiger partial charge in [-0.2, -0.15) is 0 Å². The van der Waals surface area contributed by atoms with E-state index in [2.05, 4.69) is 10.6 Å². The number of carboxylic acids is 1. The van der Waals surface area contributed by atoms with Gasteiger partial charge >= 0.3 is 5.97 Å². The largest absolute Gasteiger partial charge is 0.480 e. The van der Waals surface area contributed by atoms with Crippen LogP contribution in [0.4, 0.5) is 0 Å². The summed E-state index contributed by atoms with van der Waals surface area (Å²) in [4.78, 5) is 60.9. The van der Waals surface area contributed by atoms with Gasteiger partial charge in [0.25, 0.3) is 0 Å². The van der Waals surface area contributed by atoms with E-state index in [1.807, 2.05) is 13.8 Å². The summed E-state index contributed by atoms with van der Waals surface area (Å²) in [6, 6.07) is -4.66. The molecule has 8 N–H and O–H groups in total. The molecule has 0 saturated carbocycles. The van der Waals surface area contributed by atoms with E-state index in [-0.39, 0.29) is 18.9 Å². The van der Waals surface area contributed by atoms with Crippen molar-refractivity contribution in [2.75, 3.05) is 13.2 Å². The van der Waals surface area contributed by atoms with Gasteiger partial charge in [0.05, 0.1) is 19.1 Å². The van der Waals surface area contributed by atoms with Crippen LogP contribution in [0.2, 0.25) is 0 Å². The number of hydrogen-bond acceptors (Lipinski definition) is 7. The van der Waals surface area contributed by atoms with E-state index >= 15 is 0 Å². The number of amides is 4. The number of carbonyl (C=O) groups is 5. The van der Waals surface area contributed by atoms with Crippen molar-refractivity contribution >= 4 is 29.6 Å². The molecule has 4 atom stereocenters. The Kier molecular flexibility index (Phi) is 9.66. The SMILES string of the molecule is CC(C)CC(N)C(=O)NC(CO)C(=O)N1CCCC1C(=O)NC(CC(N)=O)C(=O)O. The number of likely N-dealkylation sites (tertiary alicyclic amines) is 1. The van der Waals surface area contributed by atoms with E-state index in [1.54, 1.807) is 0 Å². The average Bonchev–Trinajstić information content (AvgIpc) is 3.13. The zero-order valence-electron chi connectivity index (χ0n) is 17.2. The number of nitrogens with zero attached hydrogens (tertiary/aromatic N) is 1. The van der Waals surface area contributed by atoms with Crippen molar-refractivity contribution in [2.45, 2.75) is 63.7 Å². The van der Waals surface area contributed by atoms with Gasteiger partial charge in [-0.1, -0.05) is 13.8 Å². The lowest BCUT2D eigenvalue weighted by Crippen LogP contribution is -2.58. The second-order valence-electron chi connectivity index (χ2n) is 7.74. The fraction of sp³-hybridized carbons (Fsp3) is 0.722. The second kappa shape index (κ2) is 11.5. The summed E-state index contributed by atoms with van der Waals surface area (Å²) in [6.07, 6.45) is 0.532. The minimum absolute atomic E-state index is 0.156. The molecule has 1 aliphatic heterocycles. The smallest absolute Gasteiger partial charge is 0.326 e. The molecular formula is C18H31N5O7. The highest BCUT2D eigenvalue weighted by Crippen LogP contribution is 2.19. The summed E-state index contributed by atoms with van der Waals surface area (Å²) < 4.78 is 0. The lowest BCUT2D eigenvalue weighted by atomic mass is 10.0. The molecule has 1 aliphatic rings. The first kappa shape index (κ1) is 25.3. The number of aliphatic hydroxyl groups excluding tert-OH is 1. The predicted molar refractivity (Wildman–Crippen MR) is 105 cm³/mol. The van der Waals surface area contributed by atoms with Crippen LogP contribution in [-0.4, -0.2) is 82.0 Å². The van der Waals surface area contributed by atoms with E-state index in [0.717, 1.165) is 0 Å². The fourth-order valence-corrected chi connectivity index (χ4v) is 3.25. The Hall–Kier alpha value is -2.73. The summed E-state index contributed by atoms with van der Waals surface area (Å²) in [5.74, 6) is -4.21. The Morgan fingerprint density at radius 1 is 1.13 bits per heavy atom. The lowest BCUT2D eigenvalue weighted by Gasteiger charge is -2.29. The van der Waals surface area contributed by atoms with E-state index in [0.29, 0.717) is 12.8 Å². The maximum atomic E-state index is 12.8. The third-order valence-electron chi connectivity index (χ3n) is 4.72. The van der Waals surface area contributed by atoms with Crippen LogP contribution in [0.5, 0.6) is 0 Å². The highest BCUT2D eigenvalue weighted by Gasteiger charge is 2.39. The molecule has 0 radical (unpaired) electrons. The molecule has 0 spiro atoms. The average molecular weight is 429 g/mol. The minimum Gasteiger partial charge on any atom is -0.480 e. The van der Waals surface area contributed by atoms with E-state index < -0.39 is 66.8 Å². The Morgan fingerprint density at radius 2 is 1.77 bits per heavy atom. The standard InChI is InChI=1S/C18H31N5O7/c1-9(2)6-10(19)15(26)22-12(8-24)17(28)23-5-3-4-13(23)16(27)21-11(18(29)30)7-14(20)25/h9-13,24H,3-8,19H2,1-2H3,(H2,20,25)(H,21,27)(H,22,26)(H,29,30). The topological polar surface area (TPSA) is 205 Å². The molecule has 0 aliphatic carbocycles. The van der Waals surface area contributed by atoms with Gasteiger partial charge in [-0.3, -0.25) is 19.2 Å². The predicted octanol–water partition coefficient (Wildman–Crippen LogP) is -2.73. The molecule has 12 heteroatoms. The van der Waals surface area contributed by atoms with Crippen molar-refractivity contribution in [3.8, 4) is 0 Å². The van der Waals surface area contributed by atoms with Crippen molar-refractivity contribution in [2.24, 2.45) is 17.4 Å². The van der Waals surface area contributed by atoms with Crippen LogP contribution in [0.15, 0.2) is 0 Å². The van der Waals surface area contributed by atoms with E-state index in [1.165, 1.54) is 4.90 Å². The molecule has 12 nitrogen and oxygen atoms in total. The summed E-state index contributed by atoms with van der Waals surface area (Å²) >= 11 is 0. The Labute approximate surface area is 174 Å². The van der Waals surface area contributed by atoms with Crippen LogP contribution in [0, 0.1) is 5.92 Å². The summed E-state index contributed by atoms with van der Waals surface area (Å²) in [5.41, 5.74) is 10.8. The van der Waals surface area contributed by atoms with Crippen molar-refractivity contribution in [1.82, 2.24) is 15.5 Å². The van der Waals surface area contributed by atoms with Gasteiger partial charge in [-0.15, -0.1) is 0 Å². The van der Waals surface area contributed by atoms with Crippen LogP contribution < -0.4 is 22.1 Å². The van der Waals surface area contributed by atoms with Crippen LogP contribution in [0.3, 0.4) is 0 Å². The molecule has 1 heterocycles. The Bertz CT molecular complexity index is 669. The zero-order chi connectivity index (χ0) is 23.0. The number of nitrogens with two attached hydrogens (primary N) is 2. The van der Waals surface area contributed by atoms with Crippen LogP contribution >= 0.6 is 0 Å². The van der Waals surface area contributed by atoms with Gasteiger partial charge < -0.3 is 37.2 Å². The number of aliphatic hydroxyl groups is 1. The van der Waals surface area contributed by atoms with E-state index in [9.17, 15) is 29.1 Å². The molecule has 0 aromatic carbocycles. The number of primary amides is 1. The molecule has 0 bridgehead atoms. The number of carboxylic acid groups (broad SMARTS) is 1. The fourth-order valence-electron chi connectivity index (χ4n) is 3.25. The van der Waals surface area contributed by atoms with Gasteiger partial charge in [0.2, 0.25) is 23.6 Å². The maximum Gasteiger partial charge on any atom is 0.326 e. The summed E-state index contributed by atoms with van der Waals surface area (Å²) in [6.45, 7) is 3.27. The Balaban J connectivity index is 2.83. The maximum absolute atomic E-state index is 12.8. The molecule has 30 heavy (non-hydrogen) atoms. The molecule has 1 saturated heterocycles. The van der Waals surface area contributed by atoms with Gasteiger partial charge in [-0.25, -0.2) is 4.79 Å². The van der Waals surface area contributed by atoms with Crippen molar-refractivity contribution in [1.29, 1.82) is 0 Å². The molecular weight excluding hydrogens is 398 g/mol. The number of rotatable bonds is 11. The quantitative estimate of drug-likeness (QED) is 0.203. The Morgan fingerprint density at radius 3 is 2.27 bits per heavy atom. The molecule has 1 fully saturated rings. The zero-order valence-corrected chi connectivity index (χ0v) is 17.2. The van der Waals surface area contributed by atoms with Crippen molar-refractivity contribution in [3.05, 3.63) is 0 Å². The molecule has 4 unspecified atom stereocenters. The van der Waals surface area contributed by atoms with Gasteiger partial charge in [0.1, 0.15) is 18.1 Å². The minimum atomic E-state index is -1.52. The second-order valence-corrected chi connectivity index (χ2v) is 7.74. The number of carbonyl (C=O) groups excluding carboxylic acids is 4. The first-order valence-electron chi connectivity index (χ1n) is 9.76. The number of nitrogens with one attached hydrogen (secondary N) is 2. The third kappa shape index (κ3) is 7.26. The highest BCUT2D eigenvalue weighted by atomic mass is 16.4. The summed E-state index contributed by atoms with van der Waals surface area (Å²) in [5, 5.41) is 23.3. The first-order valence-corrected chi connectivity index (χ1v) is 9.76. The lowest BCUT2D eigenvalue weighted by molar-refractivity contribution is -0.146. The monoisotopic (exact) mass is 429 g/mol. The molecule has 1 rings (SSSR count). The van der Waals surface area contributed by atoms with Crippen molar-refractivity contribution < 1.29 is 34.2 Å². The number of hydrogen-bond donors (Lipinski definition) is 6. The van der Waals surface area contributed by atoms with Gasteiger partial charge in [0, 0.05) is 6.54 Å². The molecule has 0 aromatic heterocycles. The molecule has 170 valence electrons. The summed E-state index contributed by atoms with van der Waals surface area (Å²) in [7, 11) is 0. The van der Waals surface area contributed by atoms with Gasteiger partial charge in [0.15, 0.2) is 0 Å². The van der Waals surface area contributed by atoms with Crippen LogP contribution in [0.25, 0.3) is 0 Å². The van der Waals surface area contributed by atoms with Crippen molar-refractivity contribution in [3.63, 3.8) is 0 Å². The number of aliphatic carboxylic acids is 1.